The van der Waals surface area contributed by atoms with Gasteiger partial charge in [-0.05, 0) is 37.6 Å². The lowest BCUT2D eigenvalue weighted by Crippen LogP contribution is -2.21. The number of rotatable bonds is 3. The highest BCUT2D eigenvalue weighted by Gasteiger charge is 2.15. The van der Waals surface area contributed by atoms with Crippen LogP contribution in [0.15, 0.2) is 28.7 Å². The molecule has 0 saturated heterocycles. The van der Waals surface area contributed by atoms with Crippen molar-refractivity contribution in [2.75, 3.05) is 10.6 Å². The number of aromatic amines is 1. The van der Waals surface area contributed by atoms with E-state index in [0.29, 0.717) is 11.4 Å². The number of carbonyl (C=O) groups is 2. The Bertz CT molecular complexity index is 709. The average Bonchev–Trinajstić information content (AvgIpc) is 2.75. The molecule has 21 heavy (non-hydrogen) atoms. The number of carbonyl (C=O) groups excluding carboxylic acids is 1. The van der Waals surface area contributed by atoms with Crippen molar-refractivity contribution in [1.82, 2.24) is 4.98 Å². The summed E-state index contributed by atoms with van der Waals surface area (Å²) in [6.07, 6.45) is 0. The zero-order valence-electron chi connectivity index (χ0n) is 11.5. The van der Waals surface area contributed by atoms with Crippen LogP contribution in [0.5, 0.6) is 0 Å². The second kappa shape index (κ2) is 6.01. The van der Waals surface area contributed by atoms with Crippen LogP contribution in [-0.2, 0) is 0 Å². The third-order valence-corrected chi connectivity index (χ3v) is 3.36. The maximum atomic E-state index is 12.0. The quantitative estimate of drug-likeness (QED) is 0.678. The second-order valence-electron chi connectivity index (χ2n) is 4.58. The summed E-state index contributed by atoms with van der Waals surface area (Å²) in [5.74, 6) is -1.13. The van der Waals surface area contributed by atoms with Crippen LogP contribution in [0.4, 0.5) is 16.2 Å². The van der Waals surface area contributed by atoms with Crippen molar-refractivity contribution in [2.24, 2.45) is 0 Å². The number of nitrogens with one attached hydrogen (secondary N) is 3. The molecule has 0 unspecified atom stereocenters. The molecule has 1 aromatic heterocycles. The van der Waals surface area contributed by atoms with Crippen LogP contribution in [0, 0.1) is 13.8 Å². The summed E-state index contributed by atoms with van der Waals surface area (Å²) in [5.41, 5.74) is 2.38. The number of carboxylic acids is 1. The van der Waals surface area contributed by atoms with Gasteiger partial charge < -0.3 is 20.7 Å². The van der Waals surface area contributed by atoms with E-state index in [0.717, 1.165) is 10.0 Å². The molecule has 0 radical (unpaired) electrons. The molecule has 7 heteroatoms. The zero-order valence-corrected chi connectivity index (χ0v) is 13.0. The van der Waals surface area contributed by atoms with Crippen molar-refractivity contribution in [3.63, 3.8) is 0 Å². The Balaban J connectivity index is 2.15. The van der Waals surface area contributed by atoms with E-state index in [4.69, 9.17) is 5.11 Å². The maximum absolute atomic E-state index is 12.0. The van der Waals surface area contributed by atoms with Gasteiger partial charge in [0.15, 0.2) is 0 Å². The number of benzene rings is 1. The molecule has 1 aromatic carbocycles. The van der Waals surface area contributed by atoms with Crippen molar-refractivity contribution in [2.45, 2.75) is 13.8 Å². The summed E-state index contributed by atoms with van der Waals surface area (Å²) >= 11 is 3.33. The smallest absolute Gasteiger partial charge is 0.354 e. The van der Waals surface area contributed by atoms with Crippen molar-refractivity contribution in [3.8, 4) is 0 Å². The van der Waals surface area contributed by atoms with E-state index < -0.39 is 12.0 Å². The Kier molecular flexibility index (Phi) is 4.32. The van der Waals surface area contributed by atoms with Crippen molar-refractivity contribution >= 4 is 39.3 Å². The molecule has 2 rings (SSSR count). The number of H-pyrrole nitrogens is 1. The maximum Gasteiger partial charge on any atom is 0.354 e. The van der Waals surface area contributed by atoms with Crippen LogP contribution in [0.2, 0.25) is 0 Å². The van der Waals surface area contributed by atoms with Crippen LogP contribution < -0.4 is 10.6 Å². The molecule has 0 aliphatic rings. The first-order valence-corrected chi connectivity index (χ1v) is 6.93. The molecule has 110 valence electrons. The summed E-state index contributed by atoms with van der Waals surface area (Å²) in [7, 11) is 0. The summed E-state index contributed by atoms with van der Waals surface area (Å²) in [6.45, 7) is 3.58. The summed E-state index contributed by atoms with van der Waals surface area (Å²) in [4.78, 5) is 25.7. The summed E-state index contributed by atoms with van der Waals surface area (Å²) in [6, 6.07) is 6.57. The highest BCUT2D eigenvalue weighted by atomic mass is 79.9. The van der Waals surface area contributed by atoms with Crippen molar-refractivity contribution in [1.29, 1.82) is 0 Å². The Morgan fingerprint density at radius 1 is 1.14 bits per heavy atom. The minimum Gasteiger partial charge on any atom is -0.477 e. The standard InChI is InChI=1S/C14H14BrN3O3/c1-7-3-4-9(15)6-10(7)17-14(21)18-11-5-8(2)16-12(11)13(19)20/h3-6,16H,1-2H3,(H,19,20)(H2,17,18,21). The molecule has 6 nitrogen and oxygen atoms in total. The average molecular weight is 352 g/mol. The molecule has 0 aliphatic carbocycles. The molecule has 1 heterocycles. The molecule has 4 N–H and O–H groups in total. The van der Waals surface area contributed by atoms with Crippen molar-refractivity contribution in [3.05, 3.63) is 45.7 Å². The lowest BCUT2D eigenvalue weighted by atomic mass is 10.2. The highest BCUT2D eigenvalue weighted by Crippen LogP contribution is 2.22. The fourth-order valence-corrected chi connectivity index (χ4v) is 2.22. The van der Waals surface area contributed by atoms with Crippen LogP contribution >= 0.6 is 15.9 Å². The Hall–Kier alpha value is -2.28. The molecule has 0 fully saturated rings. The molecule has 0 atom stereocenters. The van der Waals surface area contributed by atoms with E-state index in [9.17, 15) is 9.59 Å². The number of urea groups is 1. The van der Waals surface area contributed by atoms with Crippen LogP contribution in [0.25, 0.3) is 0 Å². The van der Waals surface area contributed by atoms with Gasteiger partial charge >= 0.3 is 12.0 Å². The SMILES string of the molecule is Cc1cc(NC(=O)Nc2cc(Br)ccc2C)c(C(=O)O)[nH]1. The van der Waals surface area contributed by atoms with Crippen molar-refractivity contribution < 1.29 is 14.7 Å². The molecule has 2 aromatic rings. The van der Waals surface area contributed by atoms with E-state index in [2.05, 4.69) is 31.5 Å². The molecule has 0 saturated carbocycles. The number of hydrogen-bond donors (Lipinski definition) is 4. The first-order chi connectivity index (χ1) is 9.86. The predicted octanol–water partition coefficient (Wildman–Crippen LogP) is 3.74. The minimum atomic E-state index is -1.13. The highest BCUT2D eigenvalue weighted by molar-refractivity contribution is 9.10. The summed E-state index contributed by atoms with van der Waals surface area (Å²) in [5, 5.41) is 14.3. The lowest BCUT2D eigenvalue weighted by molar-refractivity contribution is 0.0692. The molecule has 0 bridgehead atoms. The molecular weight excluding hydrogens is 338 g/mol. The number of aromatic carboxylic acids is 1. The normalized spacial score (nSPS) is 10.2. The Morgan fingerprint density at radius 3 is 2.48 bits per heavy atom. The minimum absolute atomic E-state index is 0.0476. The predicted molar refractivity (Wildman–Crippen MR) is 84.0 cm³/mol. The zero-order chi connectivity index (χ0) is 15.6. The number of hydrogen-bond acceptors (Lipinski definition) is 2. The lowest BCUT2D eigenvalue weighted by Gasteiger charge is -2.10. The first-order valence-electron chi connectivity index (χ1n) is 6.14. The number of aryl methyl sites for hydroxylation is 2. The second-order valence-corrected chi connectivity index (χ2v) is 5.50. The third-order valence-electron chi connectivity index (χ3n) is 2.86. The van der Waals surface area contributed by atoms with Crippen LogP contribution in [-0.4, -0.2) is 22.1 Å². The number of halogens is 1. The van der Waals surface area contributed by atoms with Gasteiger partial charge in [0.25, 0.3) is 0 Å². The van der Waals surface area contributed by atoms with Crippen LogP contribution in [0.3, 0.4) is 0 Å². The molecule has 0 aliphatic heterocycles. The van der Waals surface area contributed by atoms with E-state index >= 15 is 0 Å². The van der Waals surface area contributed by atoms with E-state index in [-0.39, 0.29) is 11.4 Å². The Labute approximate surface area is 129 Å². The first kappa shape index (κ1) is 15.1. The number of amides is 2. The summed E-state index contributed by atoms with van der Waals surface area (Å²) < 4.78 is 0.840. The molecule has 0 spiro atoms. The van der Waals surface area contributed by atoms with Gasteiger partial charge in [0.2, 0.25) is 0 Å². The van der Waals surface area contributed by atoms with Gasteiger partial charge in [-0.25, -0.2) is 9.59 Å². The number of carboxylic acid groups (broad SMARTS) is 1. The fraction of sp³-hybridized carbons (Fsp3) is 0.143. The number of anilines is 2. The molecule has 2 amide bonds. The van der Waals surface area contributed by atoms with Gasteiger partial charge in [0.05, 0.1) is 5.69 Å². The number of aromatic nitrogens is 1. The fourth-order valence-electron chi connectivity index (χ4n) is 1.86. The van der Waals surface area contributed by atoms with E-state index in [1.165, 1.54) is 0 Å². The largest absolute Gasteiger partial charge is 0.477 e. The van der Waals surface area contributed by atoms with Gasteiger partial charge in [-0.1, -0.05) is 22.0 Å². The van der Waals surface area contributed by atoms with Gasteiger partial charge in [-0.2, -0.15) is 0 Å². The van der Waals surface area contributed by atoms with Crippen LogP contribution in [0.1, 0.15) is 21.7 Å². The third kappa shape index (κ3) is 3.63. The van der Waals surface area contributed by atoms with Gasteiger partial charge in [0.1, 0.15) is 5.69 Å². The van der Waals surface area contributed by atoms with Gasteiger partial charge in [-0.3, -0.25) is 0 Å². The topological polar surface area (TPSA) is 94.2 Å². The van der Waals surface area contributed by atoms with E-state index in [1.807, 2.05) is 19.1 Å². The molecular formula is C14H14BrN3O3. The van der Waals surface area contributed by atoms with E-state index in [1.54, 1.807) is 19.1 Å². The van der Waals surface area contributed by atoms with Gasteiger partial charge in [-0.15, -0.1) is 0 Å². The monoisotopic (exact) mass is 351 g/mol. The van der Waals surface area contributed by atoms with Gasteiger partial charge in [0, 0.05) is 15.9 Å². The Morgan fingerprint density at radius 2 is 1.81 bits per heavy atom.